The molecule has 3 rings (SSSR count). The van der Waals surface area contributed by atoms with Crippen LogP contribution in [0.3, 0.4) is 0 Å². The van der Waals surface area contributed by atoms with E-state index in [0.29, 0.717) is 38.6 Å². The van der Waals surface area contributed by atoms with Gasteiger partial charge in [-0.25, -0.2) is 0 Å². The maximum absolute atomic E-state index is 11.9. The van der Waals surface area contributed by atoms with Crippen molar-refractivity contribution in [2.24, 2.45) is 11.7 Å². The van der Waals surface area contributed by atoms with Crippen molar-refractivity contribution in [3.05, 3.63) is 23.8 Å². The van der Waals surface area contributed by atoms with E-state index in [0.717, 1.165) is 30.0 Å². The molecule has 1 amide bonds. The molecule has 2 aliphatic rings. The van der Waals surface area contributed by atoms with Gasteiger partial charge in [0.05, 0.1) is 13.2 Å². The summed E-state index contributed by atoms with van der Waals surface area (Å²) in [6, 6.07) is 5.90. The molecule has 20 heavy (non-hydrogen) atoms. The van der Waals surface area contributed by atoms with Crippen LogP contribution >= 0.6 is 0 Å². The molecule has 0 saturated carbocycles. The summed E-state index contributed by atoms with van der Waals surface area (Å²) in [6.07, 6.45) is 1.47. The van der Waals surface area contributed by atoms with Crippen molar-refractivity contribution in [1.82, 2.24) is 4.90 Å². The minimum absolute atomic E-state index is 0.188. The van der Waals surface area contributed by atoms with Crippen molar-refractivity contribution in [1.29, 1.82) is 0 Å². The molecule has 1 unspecified atom stereocenters. The van der Waals surface area contributed by atoms with Crippen LogP contribution in [0.4, 0.5) is 0 Å². The lowest BCUT2D eigenvalue weighted by Gasteiger charge is -2.17. The number of fused-ring (bicyclic) bond motifs is 1. The molecule has 1 fully saturated rings. The molecule has 0 radical (unpaired) electrons. The maximum Gasteiger partial charge on any atom is 0.223 e. The number of hydrogen-bond donors (Lipinski definition) is 1. The summed E-state index contributed by atoms with van der Waals surface area (Å²) in [6.45, 7) is 3.31. The Morgan fingerprint density at radius 3 is 2.80 bits per heavy atom. The van der Waals surface area contributed by atoms with Crippen molar-refractivity contribution in [3.63, 3.8) is 0 Å². The molecule has 1 saturated heterocycles. The minimum Gasteiger partial charge on any atom is -0.490 e. The highest BCUT2D eigenvalue weighted by atomic mass is 16.5. The zero-order valence-corrected chi connectivity index (χ0v) is 11.5. The van der Waals surface area contributed by atoms with E-state index in [9.17, 15) is 4.79 Å². The molecule has 5 heteroatoms. The Balaban J connectivity index is 1.72. The smallest absolute Gasteiger partial charge is 0.223 e. The van der Waals surface area contributed by atoms with E-state index >= 15 is 0 Å². The predicted octanol–water partition coefficient (Wildman–Crippen LogP) is 1.16. The van der Waals surface area contributed by atoms with Crippen LogP contribution in [0.1, 0.15) is 18.4 Å². The van der Waals surface area contributed by atoms with Crippen LogP contribution < -0.4 is 15.2 Å². The van der Waals surface area contributed by atoms with Gasteiger partial charge >= 0.3 is 0 Å². The van der Waals surface area contributed by atoms with E-state index in [2.05, 4.69) is 0 Å². The number of likely N-dealkylation sites (tertiary alicyclic amines) is 1. The average molecular weight is 276 g/mol. The number of hydrogen-bond acceptors (Lipinski definition) is 4. The van der Waals surface area contributed by atoms with E-state index in [4.69, 9.17) is 15.2 Å². The van der Waals surface area contributed by atoms with E-state index < -0.39 is 0 Å². The average Bonchev–Trinajstić information content (AvgIpc) is 2.67. The van der Waals surface area contributed by atoms with Gasteiger partial charge < -0.3 is 20.1 Å². The second-order valence-corrected chi connectivity index (χ2v) is 5.41. The molecular formula is C15H20N2O3. The summed E-state index contributed by atoms with van der Waals surface area (Å²) in [7, 11) is 0. The standard InChI is InChI=1S/C15H20N2O3/c16-8-12-7-15(18)17(10-12)9-11-2-3-13-14(6-11)20-5-1-4-19-13/h2-3,6,12H,1,4-5,7-10,16H2. The molecule has 1 aromatic carbocycles. The third-order valence-electron chi connectivity index (χ3n) is 3.81. The topological polar surface area (TPSA) is 64.8 Å². The van der Waals surface area contributed by atoms with Crippen molar-refractivity contribution in [2.45, 2.75) is 19.4 Å². The Labute approximate surface area is 118 Å². The lowest BCUT2D eigenvalue weighted by Crippen LogP contribution is -2.25. The molecule has 2 heterocycles. The van der Waals surface area contributed by atoms with Gasteiger partial charge in [-0.15, -0.1) is 0 Å². The molecular weight excluding hydrogens is 256 g/mol. The highest BCUT2D eigenvalue weighted by Crippen LogP contribution is 2.31. The quantitative estimate of drug-likeness (QED) is 0.899. The van der Waals surface area contributed by atoms with Gasteiger partial charge in [0.1, 0.15) is 0 Å². The van der Waals surface area contributed by atoms with Gasteiger partial charge in [-0.2, -0.15) is 0 Å². The fourth-order valence-corrected chi connectivity index (χ4v) is 2.69. The summed E-state index contributed by atoms with van der Waals surface area (Å²) in [5, 5.41) is 0. The molecule has 0 spiro atoms. The van der Waals surface area contributed by atoms with E-state index in [1.807, 2.05) is 23.1 Å². The number of amides is 1. The third kappa shape index (κ3) is 2.72. The Hall–Kier alpha value is -1.75. The summed E-state index contributed by atoms with van der Waals surface area (Å²) >= 11 is 0. The molecule has 0 aliphatic carbocycles. The van der Waals surface area contributed by atoms with Crippen molar-refractivity contribution in [2.75, 3.05) is 26.3 Å². The SMILES string of the molecule is NCC1CC(=O)N(Cc2ccc3c(c2)OCCCO3)C1. The van der Waals surface area contributed by atoms with Gasteiger partial charge in [0.25, 0.3) is 0 Å². The van der Waals surface area contributed by atoms with Gasteiger partial charge in [-0.1, -0.05) is 6.07 Å². The molecule has 1 atom stereocenters. The van der Waals surface area contributed by atoms with Crippen LogP contribution in [0.5, 0.6) is 11.5 Å². The first-order chi connectivity index (χ1) is 9.76. The fourth-order valence-electron chi connectivity index (χ4n) is 2.69. The van der Waals surface area contributed by atoms with Crippen molar-refractivity contribution < 1.29 is 14.3 Å². The number of nitrogens with zero attached hydrogens (tertiary/aromatic N) is 1. The van der Waals surface area contributed by atoms with Gasteiger partial charge in [0, 0.05) is 25.9 Å². The molecule has 0 bridgehead atoms. The second kappa shape index (κ2) is 5.71. The fraction of sp³-hybridized carbons (Fsp3) is 0.533. The number of benzene rings is 1. The minimum atomic E-state index is 0.188. The predicted molar refractivity (Wildman–Crippen MR) is 74.6 cm³/mol. The summed E-state index contributed by atoms with van der Waals surface area (Å²) < 4.78 is 11.3. The van der Waals surface area contributed by atoms with Crippen molar-refractivity contribution in [3.8, 4) is 11.5 Å². The third-order valence-corrected chi connectivity index (χ3v) is 3.81. The number of ether oxygens (including phenoxy) is 2. The van der Waals surface area contributed by atoms with Crippen LogP contribution in [0, 0.1) is 5.92 Å². The highest BCUT2D eigenvalue weighted by molar-refractivity contribution is 5.78. The van der Waals surface area contributed by atoms with Gasteiger partial charge in [0.15, 0.2) is 11.5 Å². The van der Waals surface area contributed by atoms with E-state index in [1.165, 1.54) is 0 Å². The van der Waals surface area contributed by atoms with Crippen LogP contribution in [-0.4, -0.2) is 37.1 Å². The molecule has 1 aromatic rings. The first kappa shape index (κ1) is 13.2. The molecule has 2 aliphatic heterocycles. The zero-order valence-electron chi connectivity index (χ0n) is 11.5. The number of nitrogens with two attached hydrogens (primary N) is 1. The van der Waals surface area contributed by atoms with E-state index in [-0.39, 0.29) is 5.91 Å². The summed E-state index contributed by atoms with van der Waals surface area (Å²) in [5.74, 6) is 2.05. The summed E-state index contributed by atoms with van der Waals surface area (Å²) in [4.78, 5) is 13.8. The Morgan fingerprint density at radius 2 is 2.05 bits per heavy atom. The second-order valence-electron chi connectivity index (χ2n) is 5.41. The Bertz CT molecular complexity index is 504. The highest BCUT2D eigenvalue weighted by Gasteiger charge is 2.28. The number of carbonyl (C=O) groups is 1. The van der Waals surface area contributed by atoms with Crippen LogP contribution in [0.2, 0.25) is 0 Å². The molecule has 5 nitrogen and oxygen atoms in total. The van der Waals surface area contributed by atoms with Crippen LogP contribution in [0.15, 0.2) is 18.2 Å². The first-order valence-corrected chi connectivity index (χ1v) is 7.12. The van der Waals surface area contributed by atoms with Crippen molar-refractivity contribution >= 4 is 5.91 Å². The van der Waals surface area contributed by atoms with Gasteiger partial charge in [-0.3, -0.25) is 4.79 Å². The zero-order chi connectivity index (χ0) is 13.9. The maximum atomic E-state index is 11.9. The van der Waals surface area contributed by atoms with Crippen LogP contribution in [0.25, 0.3) is 0 Å². The molecule has 108 valence electrons. The largest absolute Gasteiger partial charge is 0.490 e. The lowest BCUT2D eigenvalue weighted by molar-refractivity contribution is -0.128. The lowest BCUT2D eigenvalue weighted by atomic mass is 10.1. The Kier molecular flexibility index (Phi) is 3.78. The van der Waals surface area contributed by atoms with E-state index in [1.54, 1.807) is 0 Å². The molecule has 0 aromatic heterocycles. The van der Waals surface area contributed by atoms with Crippen LogP contribution in [-0.2, 0) is 11.3 Å². The first-order valence-electron chi connectivity index (χ1n) is 7.12. The monoisotopic (exact) mass is 276 g/mol. The Morgan fingerprint density at radius 1 is 1.25 bits per heavy atom. The van der Waals surface area contributed by atoms with Gasteiger partial charge in [0.2, 0.25) is 5.91 Å². The normalized spacial score (nSPS) is 21.9. The molecule has 2 N–H and O–H groups in total. The number of rotatable bonds is 3. The summed E-state index contributed by atoms with van der Waals surface area (Å²) in [5.41, 5.74) is 6.71. The number of carbonyl (C=O) groups excluding carboxylic acids is 1. The van der Waals surface area contributed by atoms with Gasteiger partial charge in [-0.05, 0) is 30.2 Å².